The van der Waals surface area contributed by atoms with Crippen molar-refractivity contribution in [1.82, 2.24) is 5.32 Å². The van der Waals surface area contributed by atoms with Crippen molar-refractivity contribution >= 4 is 40.2 Å². The van der Waals surface area contributed by atoms with Gasteiger partial charge >= 0.3 is 0 Å². The van der Waals surface area contributed by atoms with Crippen molar-refractivity contribution in [2.75, 3.05) is 13.1 Å². The molecule has 21 heavy (non-hydrogen) atoms. The molecule has 0 amide bonds. The Kier molecular flexibility index (Phi) is 5.19. The van der Waals surface area contributed by atoms with Crippen LogP contribution in [0.2, 0.25) is 0 Å². The summed E-state index contributed by atoms with van der Waals surface area (Å²) in [6.07, 6.45) is 1.13. The van der Waals surface area contributed by atoms with Crippen LogP contribution in [0.3, 0.4) is 0 Å². The molecule has 108 valence electrons. The van der Waals surface area contributed by atoms with E-state index in [0.717, 1.165) is 31.1 Å². The summed E-state index contributed by atoms with van der Waals surface area (Å²) in [5.74, 6) is 2.04. The lowest BCUT2D eigenvalue weighted by molar-refractivity contribution is 0.741. The fourth-order valence-corrected chi connectivity index (χ4v) is 4.17. The molecule has 1 aliphatic heterocycles. The fraction of sp³-hybridized carbons (Fsp3) is 0.235. The summed E-state index contributed by atoms with van der Waals surface area (Å²) < 4.78 is 1.33. The van der Waals surface area contributed by atoms with Crippen molar-refractivity contribution in [3.63, 3.8) is 0 Å². The van der Waals surface area contributed by atoms with E-state index >= 15 is 0 Å². The first-order chi connectivity index (χ1) is 10.3. The van der Waals surface area contributed by atoms with Gasteiger partial charge in [0.15, 0.2) is 0 Å². The third-order valence-corrected chi connectivity index (χ3v) is 5.56. The van der Waals surface area contributed by atoms with Gasteiger partial charge in [0.05, 0.1) is 0 Å². The van der Waals surface area contributed by atoms with Gasteiger partial charge in [-0.1, -0.05) is 36.4 Å². The van der Waals surface area contributed by atoms with E-state index in [0.29, 0.717) is 0 Å². The maximum Gasteiger partial charge on any atom is 0.129 e. The molecule has 0 fully saturated rings. The quantitative estimate of drug-likeness (QED) is 0.602. The maximum atomic E-state index is 4.62. The normalized spacial score (nSPS) is 14.4. The van der Waals surface area contributed by atoms with Crippen LogP contribution < -0.4 is 5.32 Å². The van der Waals surface area contributed by atoms with Crippen LogP contribution in [0.1, 0.15) is 17.5 Å². The second kappa shape index (κ2) is 7.31. The molecule has 0 aliphatic carbocycles. The van der Waals surface area contributed by atoms with E-state index in [1.54, 1.807) is 0 Å². The van der Waals surface area contributed by atoms with Crippen LogP contribution in [0.4, 0.5) is 0 Å². The van der Waals surface area contributed by atoms with Crippen LogP contribution >= 0.6 is 34.4 Å². The minimum atomic E-state index is 0.928. The molecule has 0 spiro atoms. The van der Waals surface area contributed by atoms with Crippen LogP contribution in [-0.4, -0.2) is 18.9 Å². The molecule has 0 radical (unpaired) electrons. The molecule has 2 nitrogen and oxygen atoms in total. The Morgan fingerprint density at radius 1 is 1.10 bits per heavy atom. The highest BCUT2D eigenvalue weighted by Crippen LogP contribution is 2.28. The summed E-state index contributed by atoms with van der Waals surface area (Å²) in [7, 11) is 0. The Bertz CT molecular complexity index is 655. The number of hydrogen-bond donors (Lipinski definition) is 1. The van der Waals surface area contributed by atoms with E-state index in [2.05, 4.69) is 81.4 Å². The molecular formula is C17H17IN2S. The number of hydrogen-bond acceptors (Lipinski definition) is 3. The zero-order valence-electron chi connectivity index (χ0n) is 11.7. The van der Waals surface area contributed by atoms with E-state index in [9.17, 15) is 0 Å². The van der Waals surface area contributed by atoms with Crippen molar-refractivity contribution in [2.24, 2.45) is 4.99 Å². The molecule has 2 aromatic carbocycles. The molecular weight excluding hydrogens is 391 g/mol. The van der Waals surface area contributed by atoms with Crippen LogP contribution in [0.15, 0.2) is 58.4 Å². The molecule has 1 heterocycles. The SMILES string of the molecule is Ic1ccccc1CSc1ccccc1C1=NCCCN1. The number of amidine groups is 1. The Morgan fingerprint density at radius 3 is 2.71 bits per heavy atom. The van der Waals surface area contributed by atoms with Crippen molar-refractivity contribution in [3.05, 3.63) is 63.2 Å². The standard InChI is InChI=1S/C17H17IN2S/c18-15-8-3-1-6-13(15)12-21-16-9-4-2-7-14(16)17-19-10-5-11-20-17/h1-4,6-9H,5,10-12H2,(H,19,20). The Hall–Kier alpha value is -1.01. The molecule has 0 unspecified atom stereocenters. The molecule has 0 bridgehead atoms. The number of halogens is 1. The summed E-state index contributed by atoms with van der Waals surface area (Å²) in [6, 6.07) is 17.1. The number of rotatable bonds is 4. The van der Waals surface area contributed by atoms with Crippen molar-refractivity contribution in [3.8, 4) is 0 Å². The zero-order valence-corrected chi connectivity index (χ0v) is 14.7. The molecule has 1 N–H and O–H groups in total. The monoisotopic (exact) mass is 408 g/mol. The summed E-state index contributed by atoms with van der Waals surface area (Å²) in [5, 5.41) is 3.42. The fourth-order valence-electron chi connectivity index (χ4n) is 2.27. The van der Waals surface area contributed by atoms with Gasteiger partial charge in [0.1, 0.15) is 5.84 Å². The van der Waals surface area contributed by atoms with Gasteiger partial charge in [-0.25, -0.2) is 0 Å². The van der Waals surface area contributed by atoms with E-state index in [-0.39, 0.29) is 0 Å². The number of nitrogens with one attached hydrogen (secondary N) is 1. The number of aliphatic imine (C=N–C) groups is 1. The van der Waals surface area contributed by atoms with Gasteiger partial charge in [-0.3, -0.25) is 4.99 Å². The van der Waals surface area contributed by atoms with E-state index < -0.39 is 0 Å². The second-order valence-electron chi connectivity index (χ2n) is 4.89. The average Bonchev–Trinajstić information content (AvgIpc) is 2.55. The van der Waals surface area contributed by atoms with Gasteiger partial charge in [0, 0.05) is 32.9 Å². The molecule has 0 saturated carbocycles. The summed E-state index contributed by atoms with van der Waals surface area (Å²) in [5.41, 5.74) is 2.62. The minimum absolute atomic E-state index is 0.928. The molecule has 1 aliphatic rings. The number of benzene rings is 2. The van der Waals surface area contributed by atoms with Gasteiger partial charge in [0.2, 0.25) is 0 Å². The van der Waals surface area contributed by atoms with Crippen LogP contribution in [0.25, 0.3) is 0 Å². The highest BCUT2D eigenvalue weighted by molar-refractivity contribution is 14.1. The van der Waals surface area contributed by atoms with Crippen LogP contribution in [0, 0.1) is 3.57 Å². The first kappa shape index (κ1) is 14.9. The highest BCUT2D eigenvalue weighted by atomic mass is 127. The Morgan fingerprint density at radius 2 is 1.90 bits per heavy atom. The molecule has 3 rings (SSSR count). The lowest BCUT2D eigenvalue weighted by Crippen LogP contribution is -2.30. The summed E-state index contributed by atoms with van der Waals surface area (Å²) in [6.45, 7) is 1.95. The number of thioether (sulfide) groups is 1. The van der Waals surface area contributed by atoms with Crippen LogP contribution in [-0.2, 0) is 5.75 Å². The molecule has 0 aromatic heterocycles. The van der Waals surface area contributed by atoms with Gasteiger partial charge in [-0.2, -0.15) is 0 Å². The molecule has 2 aromatic rings. The van der Waals surface area contributed by atoms with E-state index in [1.165, 1.54) is 19.6 Å². The minimum Gasteiger partial charge on any atom is -0.370 e. The highest BCUT2D eigenvalue weighted by Gasteiger charge is 2.12. The summed E-state index contributed by atoms with van der Waals surface area (Å²) >= 11 is 4.29. The number of nitrogens with zero attached hydrogens (tertiary/aromatic N) is 1. The Labute approximate surface area is 143 Å². The first-order valence-corrected chi connectivity index (χ1v) is 9.15. The molecule has 0 saturated heterocycles. The second-order valence-corrected chi connectivity index (χ2v) is 7.07. The van der Waals surface area contributed by atoms with Gasteiger partial charge in [0.25, 0.3) is 0 Å². The maximum absolute atomic E-state index is 4.62. The third-order valence-electron chi connectivity index (χ3n) is 3.38. The third kappa shape index (κ3) is 3.80. The van der Waals surface area contributed by atoms with Crippen molar-refractivity contribution in [2.45, 2.75) is 17.1 Å². The molecule has 0 atom stereocenters. The topological polar surface area (TPSA) is 24.4 Å². The van der Waals surface area contributed by atoms with Crippen molar-refractivity contribution in [1.29, 1.82) is 0 Å². The predicted molar refractivity (Wildman–Crippen MR) is 99.2 cm³/mol. The lowest BCUT2D eigenvalue weighted by Gasteiger charge is -2.17. The van der Waals surface area contributed by atoms with Crippen molar-refractivity contribution < 1.29 is 0 Å². The van der Waals surface area contributed by atoms with Gasteiger partial charge in [-0.05, 0) is 46.7 Å². The lowest BCUT2D eigenvalue weighted by atomic mass is 10.2. The molecule has 4 heteroatoms. The largest absolute Gasteiger partial charge is 0.370 e. The summed E-state index contributed by atoms with van der Waals surface area (Å²) in [4.78, 5) is 5.92. The van der Waals surface area contributed by atoms with Crippen LogP contribution in [0.5, 0.6) is 0 Å². The predicted octanol–water partition coefficient (Wildman–Crippen LogP) is 4.32. The first-order valence-electron chi connectivity index (χ1n) is 7.08. The van der Waals surface area contributed by atoms with E-state index in [1.807, 2.05) is 11.8 Å². The zero-order chi connectivity index (χ0) is 14.5. The average molecular weight is 408 g/mol. The van der Waals surface area contributed by atoms with E-state index in [4.69, 9.17) is 0 Å². The van der Waals surface area contributed by atoms with Gasteiger partial charge in [-0.15, -0.1) is 11.8 Å². The van der Waals surface area contributed by atoms with Gasteiger partial charge < -0.3 is 5.32 Å². The smallest absolute Gasteiger partial charge is 0.129 e. The Balaban J connectivity index is 1.80.